The smallest absolute Gasteiger partial charge is 0.234 e. The Bertz CT molecular complexity index is 689. The zero-order valence-electron chi connectivity index (χ0n) is 13.0. The van der Waals surface area contributed by atoms with Crippen LogP contribution in [0.5, 0.6) is 0 Å². The molecule has 23 heavy (non-hydrogen) atoms. The van der Waals surface area contributed by atoms with Gasteiger partial charge in [0.25, 0.3) is 0 Å². The van der Waals surface area contributed by atoms with Gasteiger partial charge in [0.1, 0.15) is 5.03 Å². The fourth-order valence-electron chi connectivity index (χ4n) is 1.73. The zero-order chi connectivity index (χ0) is 16.7. The lowest BCUT2D eigenvalue weighted by Gasteiger charge is -2.07. The summed E-state index contributed by atoms with van der Waals surface area (Å²) in [6.07, 6.45) is 0.386. The summed E-state index contributed by atoms with van der Waals surface area (Å²) in [5.41, 5.74) is 1.82. The summed E-state index contributed by atoms with van der Waals surface area (Å²) < 4.78 is 0. The number of aromatic nitrogens is 2. The van der Waals surface area contributed by atoms with Crippen molar-refractivity contribution in [1.29, 1.82) is 0 Å². The van der Waals surface area contributed by atoms with Gasteiger partial charge < -0.3 is 10.6 Å². The summed E-state index contributed by atoms with van der Waals surface area (Å²) in [6, 6.07) is 11.0. The molecule has 2 amide bonds. The van der Waals surface area contributed by atoms with Crippen molar-refractivity contribution in [3.05, 3.63) is 42.0 Å². The van der Waals surface area contributed by atoms with Gasteiger partial charge in [0.15, 0.2) is 5.82 Å². The van der Waals surface area contributed by atoms with Crippen LogP contribution in [0.1, 0.15) is 18.9 Å². The summed E-state index contributed by atoms with van der Waals surface area (Å²) in [6.45, 7) is 3.71. The van der Waals surface area contributed by atoms with E-state index in [0.717, 1.165) is 11.3 Å². The molecule has 6 nitrogen and oxygen atoms in total. The number of amides is 2. The molecule has 1 aromatic carbocycles. The molecule has 7 heteroatoms. The van der Waals surface area contributed by atoms with E-state index in [0.29, 0.717) is 17.3 Å². The first-order chi connectivity index (χ1) is 11.1. The molecule has 1 heterocycles. The molecule has 0 bridgehead atoms. The Hall–Kier alpha value is -2.41. The number of carbonyl (C=O) groups excluding carboxylic acids is 2. The average Bonchev–Trinajstić information content (AvgIpc) is 2.56. The van der Waals surface area contributed by atoms with Gasteiger partial charge in [0.2, 0.25) is 11.8 Å². The van der Waals surface area contributed by atoms with E-state index in [1.54, 1.807) is 19.1 Å². The first-order valence-electron chi connectivity index (χ1n) is 7.20. The van der Waals surface area contributed by atoms with Crippen LogP contribution >= 0.6 is 11.8 Å². The van der Waals surface area contributed by atoms with E-state index in [1.807, 2.05) is 31.2 Å². The molecule has 0 radical (unpaired) electrons. The predicted molar refractivity (Wildman–Crippen MR) is 91.5 cm³/mol. The van der Waals surface area contributed by atoms with E-state index in [1.165, 1.54) is 11.8 Å². The summed E-state index contributed by atoms with van der Waals surface area (Å²) in [7, 11) is 0. The number of nitrogens with zero attached hydrogens (tertiary/aromatic N) is 2. The van der Waals surface area contributed by atoms with Crippen molar-refractivity contribution in [2.24, 2.45) is 0 Å². The maximum Gasteiger partial charge on any atom is 0.234 e. The molecule has 0 unspecified atom stereocenters. The standard InChI is InChI=1S/C16H18N4O2S/c1-3-14(21)18-13-8-9-16(20-19-13)23-10-15(22)17-12-7-5-4-6-11(12)2/h4-9H,3,10H2,1-2H3,(H,17,22)(H,18,19,21). The van der Waals surface area contributed by atoms with Gasteiger partial charge in [0.05, 0.1) is 5.75 Å². The molecule has 0 aliphatic carbocycles. The van der Waals surface area contributed by atoms with Crippen LogP contribution in [0.25, 0.3) is 0 Å². The number of hydrogen-bond donors (Lipinski definition) is 2. The minimum atomic E-state index is -0.114. The molecule has 0 aliphatic rings. The molecule has 0 saturated heterocycles. The molecule has 0 saturated carbocycles. The molecule has 2 aromatic rings. The Balaban J connectivity index is 1.84. The molecule has 0 aliphatic heterocycles. The highest BCUT2D eigenvalue weighted by Gasteiger charge is 2.07. The zero-order valence-corrected chi connectivity index (χ0v) is 13.8. The Morgan fingerprint density at radius 1 is 1.04 bits per heavy atom. The molecule has 1 aromatic heterocycles. The highest BCUT2D eigenvalue weighted by atomic mass is 32.2. The van der Waals surface area contributed by atoms with Crippen LogP contribution < -0.4 is 10.6 Å². The van der Waals surface area contributed by atoms with E-state index in [4.69, 9.17) is 0 Å². The lowest BCUT2D eigenvalue weighted by Crippen LogP contribution is -2.15. The third-order valence-electron chi connectivity index (χ3n) is 3.00. The summed E-state index contributed by atoms with van der Waals surface area (Å²) in [5, 5.41) is 14.0. The molecule has 2 rings (SSSR count). The van der Waals surface area contributed by atoms with Crippen molar-refractivity contribution in [2.75, 3.05) is 16.4 Å². The lowest BCUT2D eigenvalue weighted by molar-refractivity contribution is -0.116. The second-order valence-corrected chi connectivity index (χ2v) is 5.81. The maximum atomic E-state index is 12.0. The number of rotatable bonds is 6. The summed E-state index contributed by atoms with van der Waals surface area (Å²) in [4.78, 5) is 23.2. The number of carbonyl (C=O) groups is 2. The Morgan fingerprint density at radius 3 is 2.48 bits per heavy atom. The van der Waals surface area contributed by atoms with E-state index in [9.17, 15) is 9.59 Å². The van der Waals surface area contributed by atoms with Gasteiger partial charge in [-0.25, -0.2) is 0 Å². The average molecular weight is 330 g/mol. The largest absolute Gasteiger partial charge is 0.325 e. The van der Waals surface area contributed by atoms with E-state index >= 15 is 0 Å². The van der Waals surface area contributed by atoms with Crippen molar-refractivity contribution < 1.29 is 9.59 Å². The van der Waals surface area contributed by atoms with Gasteiger partial charge >= 0.3 is 0 Å². The van der Waals surface area contributed by atoms with Crippen LogP contribution in [0.4, 0.5) is 11.5 Å². The van der Waals surface area contributed by atoms with Gasteiger partial charge in [-0.05, 0) is 30.7 Å². The molecular weight excluding hydrogens is 312 g/mol. The minimum Gasteiger partial charge on any atom is -0.325 e. The molecular formula is C16H18N4O2S. The maximum absolute atomic E-state index is 12.0. The van der Waals surface area contributed by atoms with Crippen molar-refractivity contribution in [3.63, 3.8) is 0 Å². The minimum absolute atomic E-state index is 0.102. The number of nitrogens with one attached hydrogen (secondary N) is 2. The van der Waals surface area contributed by atoms with Crippen LogP contribution in [0.15, 0.2) is 41.4 Å². The van der Waals surface area contributed by atoms with Crippen LogP contribution in [0, 0.1) is 6.92 Å². The van der Waals surface area contributed by atoms with Crippen LogP contribution in [0.2, 0.25) is 0 Å². The van der Waals surface area contributed by atoms with Crippen LogP contribution in [-0.4, -0.2) is 27.8 Å². The van der Waals surface area contributed by atoms with Crippen molar-refractivity contribution in [2.45, 2.75) is 25.3 Å². The molecule has 120 valence electrons. The van der Waals surface area contributed by atoms with Crippen LogP contribution in [-0.2, 0) is 9.59 Å². The third-order valence-corrected chi connectivity index (χ3v) is 3.92. The summed E-state index contributed by atoms with van der Waals surface area (Å²) >= 11 is 1.29. The number of aryl methyl sites for hydroxylation is 1. The molecule has 0 spiro atoms. The Morgan fingerprint density at radius 2 is 1.83 bits per heavy atom. The molecule has 0 atom stereocenters. The first-order valence-corrected chi connectivity index (χ1v) is 8.19. The molecule has 0 fully saturated rings. The quantitative estimate of drug-likeness (QED) is 0.796. The number of para-hydroxylation sites is 1. The van der Waals surface area contributed by atoms with Crippen LogP contribution in [0.3, 0.4) is 0 Å². The highest BCUT2D eigenvalue weighted by molar-refractivity contribution is 7.99. The van der Waals surface area contributed by atoms with E-state index in [2.05, 4.69) is 20.8 Å². The SMILES string of the molecule is CCC(=O)Nc1ccc(SCC(=O)Nc2ccccc2C)nn1. The van der Waals surface area contributed by atoms with Gasteiger partial charge in [-0.1, -0.05) is 36.9 Å². The second kappa shape index (κ2) is 8.28. The van der Waals surface area contributed by atoms with Gasteiger partial charge in [-0.3, -0.25) is 9.59 Å². The number of hydrogen-bond acceptors (Lipinski definition) is 5. The number of thioether (sulfide) groups is 1. The fraction of sp³-hybridized carbons (Fsp3) is 0.250. The summed E-state index contributed by atoms with van der Waals surface area (Å²) in [5.74, 6) is 0.432. The number of anilines is 2. The van der Waals surface area contributed by atoms with Crippen molar-refractivity contribution in [3.8, 4) is 0 Å². The lowest BCUT2D eigenvalue weighted by atomic mass is 10.2. The highest BCUT2D eigenvalue weighted by Crippen LogP contribution is 2.17. The Labute approximate surface area is 139 Å². The molecule has 2 N–H and O–H groups in total. The van der Waals surface area contributed by atoms with E-state index < -0.39 is 0 Å². The van der Waals surface area contributed by atoms with Gasteiger partial charge in [-0.15, -0.1) is 10.2 Å². The van der Waals surface area contributed by atoms with Gasteiger partial charge in [0, 0.05) is 12.1 Å². The van der Waals surface area contributed by atoms with Crippen molar-refractivity contribution in [1.82, 2.24) is 10.2 Å². The second-order valence-electron chi connectivity index (χ2n) is 4.81. The van der Waals surface area contributed by atoms with Gasteiger partial charge in [-0.2, -0.15) is 0 Å². The predicted octanol–water partition coefficient (Wildman–Crippen LogP) is 2.86. The Kier molecular flexibility index (Phi) is 6.10. The monoisotopic (exact) mass is 330 g/mol. The normalized spacial score (nSPS) is 10.2. The van der Waals surface area contributed by atoms with E-state index in [-0.39, 0.29) is 17.6 Å². The fourth-order valence-corrected chi connectivity index (χ4v) is 2.35. The topological polar surface area (TPSA) is 84.0 Å². The first kappa shape index (κ1) is 17.0. The number of benzene rings is 1. The van der Waals surface area contributed by atoms with Crippen molar-refractivity contribution >= 4 is 35.1 Å². The third kappa shape index (κ3) is 5.37.